The number of nitrogens with zero attached hydrogens (tertiary/aromatic N) is 1. The number of aromatic nitrogens is 1. The van der Waals surface area contributed by atoms with Crippen LogP contribution in [0.15, 0.2) is 41.4 Å². The van der Waals surface area contributed by atoms with Crippen molar-refractivity contribution >= 4 is 11.3 Å². The summed E-state index contributed by atoms with van der Waals surface area (Å²) < 4.78 is 0. The largest absolute Gasteiger partial charge is 0.320 e. The van der Waals surface area contributed by atoms with Crippen molar-refractivity contribution in [3.05, 3.63) is 52.5 Å². The molecule has 0 aromatic carbocycles. The number of hydrogen-bond donors (Lipinski definition) is 1. The molecule has 2 heterocycles. The van der Waals surface area contributed by atoms with Crippen molar-refractivity contribution in [2.45, 2.75) is 6.04 Å². The van der Waals surface area contributed by atoms with Crippen molar-refractivity contribution < 1.29 is 0 Å². The summed E-state index contributed by atoms with van der Waals surface area (Å²) in [6.07, 6.45) is 3.56. The van der Waals surface area contributed by atoms with Crippen LogP contribution in [0.2, 0.25) is 0 Å². The second kappa shape index (κ2) is 3.68. The van der Waals surface area contributed by atoms with E-state index in [-0.39, 0.29) is 6.04 Å². The third-order valence-electron chi connectivity index (χ3n) is 1.95. The molecule has 0 aliphatic heterocycles. The molecule has 0 saturated carbocycles. The fourth-order valence-electron chi connectivity index (χ4n) is 1.20. The Hall–Kier alpha value is -1.19. The number of pyridine rings is 1. The van der Waals surface area contributed by atoms with Crippen molar-refractivity contribution in [1.29, 1.82) is 0 Å². The molecule has 0 aliphatic carbocycles. The third-order valence-corrected chi connectivity index (χ3v) is 2.65. The molecule has 2 aromatic rings. The maximum Gasteiger partial charge on any atom is 0.0575 e. The quantitative estimate of drug-likeness (QED) is 0.788. The minimum Gasteiger partial charge on any atom is -0.320 e. The second-order valence-corrected chi connectivity index (χ2v) is 3.60. The fraction of sp³-hybridized carbons (Fsp3) is 0.100. The normalized spacial score (nSPS) is 12.7. The van der Waals surface area contributed by atoms with Crippen LogP contribution in [0, 0.1) is 0 Å². The van der Waals surface area contributed by atoms with Crippen LogP contribution >= 0.6 is 11.3 Å². The highest BCUT2D eigenvalue weighted by Crippen LogP contribution is 2.20. The molecule has 2 nitrogen and oxygen atoms in total. The maximum atomic E-state index is 6.03. The molecule has 2 N–H and O–H groups in total. The number of thiophene rings is 1. The number of nitrogens with two attached hydrogens (primary N) is 1. The predicted molar refractivity (Wildman–Crippen MR) is 54.6 cm³/mol. The van der Waals surface area contributed by atoms with Gasteiger partial charge in [0.1, 0.15) is 0 Å². The highest BCUT2D eigenvalue weighted by molar-refractivity contribution is 7.07. The van der Waals surface area contributed by atoms with E-state index in [0.29, 0.717) is 0 Å². The van der Waals surface area contributed by atoms with Crippen molar-refractivity contribution in [1.82, 2.24) is 4.98 Å². The van der Waals surface area contributed by atoms with Crippen LogP contribution in [0.1, 0.15) is 17.2 Å². The first-order valence-corrected chi connectivity index (χ1v) is 5.00. The molecule has 0 fully saturated rings. The van der Waals surface area contributed by atoms with Crippen LogP contribution in [-0.2, 0) is 0 Å². The van der Waals surface area contributed by atoms with Crippen LogP contribution in [-0.4, -0.2) is 4.98 Å². The van der Waals surface area contributed by atoms with Gasteiger partial charge in [-0.15, -0.1) is 0 Å². The maximum absolute atomic E-state index is 6.03. The first-order chi connectivity index (χ1) is 6.38. The lowest BCUT2D eigenvalue weighted by molar-refractivity contribution is 0.868. The van der Waals surface area contributed by atoms with E-state index in [0.717, 1.165) is 11.1 Å². The SMILES string of the molecule is NC(c1cccnc1)c1ccsc1. The van der Waals surface area contributed by atoms with E-state index in [2.05, 4.69) is 10.4 Å². The molecular weight excluding hydrogens is 180 g/mol. The first kappa shape index (κ1) is 8.41. The summed E-state index contributed by atoms with van der Waals surface area (Å²) in [5.41, 5.74) is 8.23. The Kier molecular flexibility index (Phi) is 2.38. The molecular formula is C10H10N2S. The van der Waals surface area contributed by atoms with Gasteiger partial charge in [-0.2, -0.15) is 11.3 Å². The van der Waals surface area contributed by atoms with Gasteiger partial charge >= 0.3 is 0 Å². The number of hydrogen-bond acceptors (Lipinski definition) is 3. The summed E-state index contributed by atoms with van der Waals surface area (Å²) in [7, 11) is 0. The Morgan fingerprint density at radius 1 is 1.31 bits per heavy atom. The monoisotopic (exact) mass is 190 g/mol. The summed E-state index contributed by atoms with van der Waals surface area (Å²) in [5, 5.41) is 4.10. The Morgan fingerprint density at radius 3 is 2.85 bits per heavy atom. The number of rotatable bonds is 2. The smallest absolute Gasteiger partial charge is 0.0575 e. The van der Waals surface area contributed by atoms with E-state index in [1.165, 1.54) is 0 Å². The summed E-state index contributed by atoms with van der Waals surface area (Å²) in [6.45, 7) is 0. The zero-order valence-corrected chi connectivity index (χ0v) is 7.87. The average Bonchev–Trinajstić information content (AvgIpc) is 2.71. The lowest BCUT2D eigenvalue weighted by Gasteiger charge is -2.08. The lowest BCUT2D eigenvalue weighted by atomic mass is 10.1. The van der Waals surface area contributed by atoms with Gasteiger partial charge < -0.3 is 5.73 Å². The summed E-state index contributed by atoms with van der Waals surface area (Å²) >= 11 is 1.66. The fourth-order valence-corrected chi connectivity index (χ4v) is 1.90. The molecule has 1 unspecified atom stereocenters. The zero-order chi connectivity index (χ0) is 9.10. The van der Waals surface area contributed by atoms with Gasteiger partial charge in [0, 0.05) is 12.4 Å². The van der Waals surface area contributed by atoms with Crippen LogP contribution < -0.4 is 5.73 Å². The summed E-state index contributed by atoms with van der Waals surface area (Å²) in [5.74, 6) is 0. The second-order valence-electron chi connectivity index (χ2n) is 2.82. The van der Waals surface area contributed by atoms with Gasteiger partial charge in [-0.25, -0.2) is 0 Å². The van der Waals surface area contributed by atoms with Gasteiger partial charge in [0.05, 0.1) is 6.04 Å². The Labute approximate surface area is 81.1 Å². The molecule has 3 heteroatoms. The van der Waals surface area contributed by atoms with Crippen molar-refractivity contribution in [3.63, 3.8) is 0 Å². The van der Waals surface area contributed by atoms with Gasteiger partial charge in [-0.05, 0) is 34.0 Å². The molecule has 2 rings (SSSR count). The molecule has 0 spiro atoms. The van der Waals surface area contributed by atoms with Gasteiger partial charge in [-0.1, -0.05) is 6.07 Å². The molecule has 13 heavy (non-hydrogen) atoms. The van der Waals surface area contributed by atoms with Gasteiger partial charge in [-0.3, -0.25) is 4.98 Å². The molecule has 0 aliphatic rings. The molecule has 66 valence electrons. The Bertz CT molecular complexity index is 356. The van der Waals surface area contributed by atoms with E-state index in [4.69, 9.17) is 5.73 Å². The summed E-state index contributed by atoms with van der Waals surface area (Å²) in [6, 6.07) is 5.90. The van der Waals surface area contributed by atoms with Gasteiger partial charge in [0.25, 0.3) is 0 Å². The average molecular weight is 190 g/mol. The molecule has 0 amide bonds. The van der Waals surface area contributed by atoms with Crippen molar-refractivity contribution in [2.75, 3.05) is 0 Å². The van der Waals surface area contributed by atoms with Crippen LogP contribution in [0.5, 0.6) is 0 Å². The lowest BCUT2D eigenvalue weighted by Crippen LogP contribution is -2.10. The van der Waals surface area contributed by atoms with Gasteiger partial charge in [0.15, 0.2) is 0 Å². The van der Waals surface area contributed by atoms with E-state index in [1.807, 2.05) is 29.8 Å². The van der Waals surface area contributed by atoms with E-state index in [9.17, 15) is 0 Å². The highest BCUT2D eigenvalue weighted by atomic mass is 32.1. The van der Waals surface area contributed by atoms with Crippen molar-refractivity contribution in [3.8, 4) is 0 Å². The third kappa shape index (κ3) is 1.76. The van der Waals surface area contributed by atoms with E-state index in [1.54, 1.807) is 17.5 Å². The van der Waals surface area contributed by atoms with Crippen LogP contribution in [0.3, 0.4) is 0 Å². The van der Waals surface area contributed by atoms with E-state index < -0.39 is 0 Å². The zero-order valence-electron chi connectivity index (χ0n) is 7.05. The molecule has 1 atom stereocenters. The van der Waals surface area contributed by atoms with Gasteiger partial charge in [0.2, 0.25) is 0 Å². The highest BCUT2D eigenvalue weighted by Gasteiger charge is 2.07. The first-order valence-electron chi connectivity index (χ1n) is 4.05. The minimum absolute atomic E-state index is 0.0417. The Balaban J connectivity index is 2.29. The molecule has 0 bridgehead atoms. The topological polar surface area (TPSA) is 38.9 Å². The minimum atomic E-state index is -0.0417. The Morgan fingerprint density at radius 2 is 2.23 bits per heavy atom. The predicted octanol–water partition coefficient (Wildman–Crippen LogP) is 2.19. The molecule has 0 saturated heterocycles. The van der Waals surface area contributed by atoms with Crippen LogP contribution in [0.25, 0.3) is 0 Å². The van der Waals surface area contributed by atoms with Crippen LogP contribution in [0.4, 0.5) is 0 Å². The standard InChI is InChI=1S/C10H10N2S/c11-10(9-3-5-13-7-9)8-2-1-4-12-6-8/h1-7,10H,11H2. The molecule has 2 aromatic heterocycles. The van der Waals surface area contributed by atoms with E-state index >= 15 is 0 Å². The summed E-state index contributed by atoms with van der Waals surface area (Å²) in [4.78, 5) is 4.04. The molecule has 0 radical (unpaired) electrons. The van der Waals surface area contributed by atoms with Crippen molar-refractivity contribution in [2.24, 2.45) is 5.73 Å².